The number of carbonyl (C=O) groups is 1. The van der Waals surface area contributed by atoms with Gasteiger partial charge >= 0.3 is 0 Å². The van der Waals surface area contributed by atoms with E-state index in [0.717, 1.165) is 11.1 Å². The smallest absolute Gasteiger partial charge is 0.258 e. The van der Waals surface area contributed by atoms with E-state index in [2.05, 4.69) is 5.32 Å². The van der Waals surface area contributed by atoms with Crippen LogP contribution >= 0.6 is 0 Å². The molecule has 1 fully saturated rings. The number of sulfonamides is 1. The Morgan fingerprint density at radius 1 is 1.06 bits per heavy atom. The Labute approximate surface area is 184 Å². The molecule has 2 aromatic rings. The largest absolute Gasteiger partial charge is 0.490 e. The molecule has 7 nitrogen and oxygen atoms in total. The average molecular weight is 447 g/mol. The van der Waals surface area contributed by atoms with Crippen LogP contribution < -0.4 is 14.8 Å². The number of para-hydroxylation sites is 2. The third kappa shape index (κ3) is 5.77. The number of piperidine rings is 1. The van der Waals surface area contributed by atoms with Crippen molar-refractivity contribution in [2.75, 3.05) is 26.3 Å². The normalized spacial score (nSPS) is 15.5. The first-order chi connectivity index (χ1) is 14.8. The van der Waals surface area contributed by atoms with E-state index in [4.69, 9.17) is 9.47 Å². The quantitative estimate of drug-likeness (QED) is 0.674. The van der Waals surface area contributed by atoms with E-state index in [1.807, 2.05) is 45.0 Å². The summed E-state index contributed by atoms with van der Waals surface area (Å²) in [4.78, 5) is 12.7. The van der Waals surface area contributed by atoms with Crippen LogP contribution in [0.15, 0.2) is 47.4 Å². The molecule has 168 valence electrons. The molecule has 8 heteroatoms. The molecule has 0 aliphatic carbocycles. The van der Waals surface area contributed by atoms with E-state index in [1.165, 1.54) is 4.31 Å². The predicted octanol–water partition coefficient (Wildman–Crippen LogP) is 3.05. The molecule has 1 N–H and O–H groups in total. The summed E-state index contributed by atoms with van der Waals surface area (Å²) in [5, 5.41) is 2.95. The Hall–Kier alpha value is -2.58. The van der Waals surface area contributed by atoms with Crippen molar-refractivity contribution in [2.45, 2.75) is 44.6 Å². The zero-order valence-electron chi connectivity index (χ0n) is 18.3. The second-order valence-electron chi connectivity index (χ2n) is 7.68. The highest BCUT2D eigenvalue weighted by molar-refractivity contribution is 7.89. The lowest BCUT2D eigenvalue weighted by molar-refractivity contribution is -0.124. The number of benzene rings is 2. The first-order valence-corrected chi connectivity index (χ1v) is 12.0. The molecule has 1 heterocycles. The Morgan fingerprint density at radius 2 is 1.71 bits per heavy atom. The third-order valence-electron chi connectivity index (χ3n) is 5.29. The van der Waals surface area contributed by atoms with Gasteiger partial charge in [-0.15, -0.1) is 0 Å². The van der Waals surface area contributed by atoms with Gasteiger partial charge in [-0.25, -0.2) is 8.42 Å². The molecule has 31 heavy (non-hydrogen) atoms. The summed E-state index contributed by atoms with van der Waals surface area (Å²) in [7, 11) is -3.54. The molecule has 0 aromatic heterocycles. The molecule has 0 saturated carbocycles. The minimum Gasteiger partial charge on any atom is -0.490 e. The molecule has 0 radical (unpaired) electrons. The van der Waals surface area contributed by atoms with Gasteiger partial charge in [-0.3, -0.25) is 4.79 Å². The van der Waals surface area contributed by atoms with Crippen molar-refractivity contribution in [1.82, 2.24) is 9.62 Å². The maximum atomic E-state index is 13.0. The van der Waals surface area contributed by atoms with Crippen molar-refractivity contribution in [3.63, 3.8) is 0 Å². The molecular weight excluding hydrogens is 416 g/mol. The van der Waals surface area contributed by atoms with Crippen LogP contribution in [0.1, 0.15) is 30.9 Å². The number of carbonyl (C=O) groups excluding carboxylic acids is 1. The Kier molecular flexibility index (Phi) is 7.56. The highest BCUT2D eigenvalue weighted by Crippen LogP contribution is 2.27. The average Bonchev–Trinajstić information content (AvgIpc) is 2.75. The van der Waals surface area contributed by atoms with Gasteiger partial charge in [0.1, 0.15) is 0 Å². The van der Waals surface area contributed by atoms with Crippen LogP contribution in [0.25, 0.3) is 0 Å². The molecule has 0 atom stereocenters. The lowest BCUT2D eigenvalue weighted by Crippen LogP contribution is -2.47. The summed E-state index contributed by atoms with van der Waals surface area (Å²) in [5.74, 6) is 0.888. The summed E-state index contributed by atoms with van der Waals surface area (Å²) in [6, 6.07) is 12.6. The van der Waals surface area contributed by atoms with Crippen LogP contribution in [0.2, 0.25) is 0 Å². The van der Waals surface area contributed by atoms with Crippen molar-refractivity contribution in [3.8, 4) is 11.5 Å². The predicted molar refractivity (Wildman–Crippen MR) is 119 cm³/mol. The summed E-state index contributed by atoms with van der Waals surface area (Å²) in [6.45, 7) is 6.71. The number of nitrogens with one attached hydrogen (secondary N) is 1. The van der Waals surface area contributed by atoms with E-state index < -0.39 is 10.0 Å². The third-order valence-corrected chi connectivity index (χ3v) is 7.33. The summed E-state index contributed by atoms with van der Waals surface area (Å²) in [6.07, 6.45) is 1.12. The van der Waals surface area contributed by atoms with Crippen LogP contribution in [-0.4, -0.2) is 51.0 Å². The second-order valence-corrected chi connectivity index (χ2v) is 9.59. The van der Waals surface area contributed by atoms with E-state index in [9.17, 15) is 13.2 Å². The Balaban J connectivity index is 1.52. The number of aryl methyl sites for hydroxylation is 2. The summed E-state index contributed by atoms with van der Waals surface area (Å²) < 4.78 is 38.7. The van der Waals surface area contributed by atoms with Gasteiger partial charge in [0.25, 0.3) is 5.91 Å². The molecule has 0 unspecified atom stereocenters. The van der Waals surface area contributed by atoms with Crippen LogP contribution in [0, 0.1) is 13.8 Å². The lowest BCUT2D eigenvalue weighted by atomic mass is 10.1. The molecule has 2 aromatic carbocycles. The van der Waals surface area contributed by atoms with Crippen LogP contribution in [0.4, 0.5) is 0 Å². The van der Waals surface area contributed by atoms with Crippen molar-refractivity contribution >= 4 is 15.9 Å². The minimum atomic E-state index is -3.54. The van der Waals surface area contributed by atoms with Gasteiger partial charge < -0.3 is 14.8 Å². The van der Waals surface area contributed by atoms with Crippen molar-refractivity contribution in [3.05, 3.63) is 53.6 Å². The van der Waals surface area contributed by atoms with Gasteiger partial charge in [0, 0.05) is 19.1 Å². The van der Waals surface area contributed by atoms with Crippen LogP contribution in [0.3, 0.4) is 0 Å². The van der Waals surface area contributed by atoms with Gasteiger partial charge in [0.05, 0.1) is 11.5 Å². The summed E-state index contributed by atoms with van der Waals surface area (Å²) in [5.41, 5.74) is 1.66. The standard InChI is InChI=1S/C23H30N2O5S/c1-4-29-20-7-5-6-8-21(20)30-16-23(26)24-19-11-13-25(14-12-19)31(27,28)22-15-17(2)9-10-18(22)3/h5-10,15,19H,4,11-14,16H2,1-3H3,(H,24,26). The number of amides is 1. The van der Waals surface area contributed by atoms with Gasteiger partial charge in [-0.1, -0.05) is 24.3 Å². The fraction of sp³-hybridized carbons (Fsp3) is 0.435. The zero-order valence-corrected chi connectivity index (χ0v) is 19.1. The van der Waals surface area contributed by atoms with E-state index in [1.54, 1.807) is 18.2 Å². The fourth-order valence-electron chi connectivity index (χ4n) is 3.62. The molecule has 1 amide bonds. The maximum absolute atomic E-state index is 13.0. The summed E-state index contributed by atoms with van der Waals surface area (Å²) >= 11 is 0. The molecule has 1 saturated heterocycles. The van der Waals surface area contributed by atoms with Gasteiger partial charge in [-0.05, 0) is 62.9 Å². The number of nitrogens with zero attached hydrogens (tertiary/aromatic N) is 1. The second kappa shape index (κ2) is 10.2. The van der Waals surface area contributed by atoms with E-state index >= 15 is 0 Å². The zero-order chi connectivity index (χ0) is 22.4. The first kappa shape index (κ1) is 23.1. The highest BCUT2D eigenvalue weighted by atomic mass is 32.2. The van der Waals surface area contributed by atoms with Crippen LogP contribution in [-0.2, 0) is 14.8 Å². The van der Waals surface area contributed by atoms with Crippen molar-refractivity contribution in [1.29, 1.82) is 0 Å². The number of rotatable bonds is 8. The molecule has 0 spiro atoms. The monoisotopic (exact) mass is 446 g/mol. The minimum absolute atomic E-state index is 0.0803. The Bertz CT molecular complexity index is 1010. The van der Waals surface area contributed by atoms with Gasteiger partial charge in [0.2, 0.25) is 10.0 Å². The number of hydrogen-bond acceptors (Lipinski definition) is 5. The molecular formula is C23H30N2O5S. The maximum Gasteiger partial charge on any atom is 0.258 e. The van der Waals surface area contributed by atoms with E-state index in [0.29, 0.717) is 48.9 Å². The van der Waals surface area contributed by atoms with Crippen LogP contribution in [0.5, 0.6) is 11.5 Å². The van der Waals surface area contributed by atoms with Crippen molar-refractivity contribution < 1.29 is 22.7 Å². The van der Waals surface area contributed by atoms with E-state index in [-0.39, 0.29) is 18.6 Å². The Morgan fingerprint density at radius 3 is 2.35 bits per heavy atom. The fourth-order valence-corrected chi connectivity index (χ4v) is 5.40. The topological polar surface area (TPSA) is 84.9 Å². The highest BCUT2D eigenvalue weighted by Gasteiger charge is 2.31. The lowest BCUT2D eigenvalue weighted by Gasteiger charge is -2.32. The first-order valence-electron chi connectivity index (χ1n) is 10.5. The molecule has 1 aliphatic rings. The molecule has 3 rings (SSSR count). The SMILES string of the molecule is CCOc1ccccc1OCC(=O)NC1CCN(S(=O)(=O)c2cc(C)ccc2C)CC1. The van der Waals surface area contributed by atoms with Gasteiger partial charge in [0.15, 0.2) is 18.1 Å². The molecule has 1 aliphatic heterocycles. The van der Waals surface area contributed by atoms with Gasteiger partial charge in [-0.2, -0.15) is 4.31 Å². The number of hydrogen-bond donors (Lipinski definition) is 1. The molecule has 0 bridgehead atoms. The number of ether oxygens (including phenoxy) is 2. The van der Waals surface area contributed by atoms with Crippen molar-refractivity contribution in [2.24, 2.45) is 0 Å².